The van der Waals surface area contributed by atoms with Gasteiger partial charge < -0.3 is 5.32 Å². The van der Waals surface area contributed by atoms with E-state index in [1.54, 1.807) is 48.1 Å². The Balaban J connectivity index is 1.69. The van der Waals surface area contributed by atoms with Gasteiger partial charge in [0.2, 0.25) is 5.95 Å². The molecule has 188 valence electrons. The lowest BCUT2D eigenvalue weighted by Gasteiger charge is -2.10. The molecular weight excluding hydrogens is 517 g/mol. The van der Waals surface area contributed by atoms with Crippen LogP contribution in [0.3, 0.4) is 0 Å². The van der Waals surface area contributed by atoms with Gasteiger partial charge in [-0.2, -0.15) is 0 Å². The van der Waals surface area contributed by atoms with Crippen molar-refractivity contribution in [3.05, 3.63) is 66.1 Å². The number of rotatable bonds is 10. The zero-order valence-corrected chi connectivity index (χ0v) is 22.6. The topological polar surface area (TPSA) is 127 Å². The van der Waals surface area contributed by atoms with E-state index in [0.717, 1.165) is 15.4 Å². The molecule has 4 aromatic rings. The fourth-order valence-electron chi connectivity index (χ4n) is 3.30. The molecule has 0 aliphatic carbocycles. The molecule has 1 unspecified atom stereocenters. The van der Waals surface area contributed by atoms with Gasteiger partial charge in [0.1, 0.15) is 10.6 Å². The summed E-state index contributed by atoms with van der Waals surface area (Å²) >= 11 is 1.55. The number of hydrogen-bond acceptors (Lipinski definition) is 9. The van der Waals surface area contributed by atoms with E-state index in [2.05, 4.69) is 38.8 Å². The predicted molar refractivity (Wildman–Crippen MR) is 146 cm³/mol. The van der Waals surface area contributed by atoms with Crippen molar-refractivity contribution < 1.29 is 12.6 Å². The maximum absolute atomic E-state index is 12.8. The lowest BCUT2D eigenvalue weighted by molar-refractivity contribution is 0.598. The Hall–Kier alpha value is -3.22. The first kappa shape index (κ1) is 25.9. The van der Waals surface area contributed by atoms with Crippen LogP contribution in [0.25, 0.3) is 21.8 Å². The summed E-state index contributed by atoms with van der Waals surface area (Å²) in [5, 5.41) is 4.06. The van der Waals surface area contributed by atoms with Crippen LogP contribution in [-0.4, -0.2) is 46.9 Å². The maximum Gasteiger partial charge on any atom is 0.263 e. The smallest absolute Gasteiger partial charge is 0.263 e. The molecule has 0 amide bonds. The Morgan fingerprint density at radius 2 is 1.92 bits per heavy atom. The lowest BCUT2D eigenvalue weighted by atomic mass is 10.1. The Bertz CT molecular complexity index is 1470. The summed E-state index contributed by atoms with van der Waals surface area (Å²) in [4.78, 5) is 18.6. The molecule has 9 nitrogen and oxygen atoms in total. The van der Waals surface area contributed by atoms with Crippen molar-refractivity contribution in [3.8, 4) is 21.8 Å². The van der Waals surface area contributed by atoms with Crippen LogP contribution in [0.5, 0.6) is 0 Å². The standard InChI is InChI=1S/C24H26N6O3S3/c1-16(2)23-29-21(22(34-23)20-9-11-26-24(28-20)27-12-13-35(3)31)17-6-4-7-18(14-17)30-36(32,33)19-8-5-10-25-15-19/h4-11,14-16,30H,12-13H2,1-3H3,(H,26,27,28)/p+1. The van der Waals surface area contributed by atoms with E-state index >= 15 is 0 Å². The highest BCUT2D eigenvalue weighted by molar-refractivity contribution is 7.92. The second-order valence-electron chi connectivity index (χ2n) is 8.30. The van der Waals surface area contributed by atoms with Crippen LogP contribution in [-0.2, 0) is 25.0 Å². The zero-order valence-electron chi connectivity index (χ0n) is 20.0. The molecule has 0 aliphatic heterocycles. The van der Waals surface area contributed by atoms with Gasteiger partial charge in [-0.05, 0) is 30.3 Å². The van der Waals surface area contributed by atoms with E-state index < -0.39 is 20.8 Å². The maximum atomic E-state index is 12.8. The van der Waals surface area contributed by atoms with Crippen LogP contribution in [0.2, 0.25) is 0 Å². The van der Waals surface area contributed by atoms with Gasteiger partial charge in [0.15, 0.2) is 0 Å². The summed E-state index contributed by atoms with van der Waals surface area (Å²) in [5.74, 6) is 1.19. The minimum absolute atomic E-state index is 0.0838. The molecule has 1 aromatic carbocycles. The summed E-state index contributed by atoms with van der Waals surface area (Å²) in [7, 11) is -5.03. The third-order valence-electron chi connectivity index (χ3n) is 5.07. The number of thiazole rings is 1. The van der Waals surface area contributed by atoms with E-state index in [1.165, 1.54) is 18.5 Å². The van der Waals surface area contributed by atoms with Gasteiger partial charge in [-0.3, -0.25) is 9.71 Å². The second kappa shape index (κ2) is 11.2. The number of anilines is 2. The fraction of sp³-hybridized carbons (Fsp3) is 0.250. The average molecular weight is 544 g/mol. The lowest BCUT2D eigenvalue weighted by Crippen LogP contribution is -2.13. The fourth-order valence-corrected chi connectivity index (χ4v) is 5.80. The first-order chi connectivity index (χ1) is 17.2. The van der Waals surface area contributed by atoms with Crippen molar-refractivity contribution in [1.29, 1.82) is 0 Å². The van der Waals surface area contributed by atoms with Crippen molar-refractivity contribution in [3.63, 3.8) is 0 Å². The minimum atomic E-state index is -3.78. The number of sulfonamides is 1. The van der Waals surface area contributed by atoms with Crippen LogP contribution in [0.4, 0.5) is 11.6 Å². The third-order valence-corrected chi connectivity index (χ3v) is 8.67. The van der Waals surface area contributed by atoms with E-state index in [0.29, 0.717) is 35.3 Å². The molecule has 3 heterocycles. The number of thiol groups is 1. The second-order valence-corrected chi connectivity index (χ2v) is 12.7. The Kier molecular flexibility index (Phi) is 8.07. The highest BCUT2D eigenvalue weighted by Gasteiger charge is 2.20. The summed E-state index contributed by atoms with van der Waals surface area (Å²) in [5.41, 5.74) is 2.59. The molecule has 2 N–H and O–H groups in total. The molecule has 0 bridgehead atoms. The summed E-state index contributed by atoms with van der Waals surface area (Å²) in [6, 6.07) is 12.0. The number of aromatic nitrogens is 4. The van der Waals surface area contributed by atoms with Crippen molar-refractivity contribution in [2.75, 3.05) is 28.6 Å². The molecule has 0 saturated heterocycles. The number of pyridine rings is 1. The first-order valence-electron chi connectivity index (χ1n) is 11.2. The Labute approximate surface area is 217 Å². The van der Waals surface area contributed by atoms with Gasteiger partial charge in [-0.15, -0.1) is 15.5 Å². The first-order valence-corrected chi connectivity index (χ1v) is 15.4. The quantitative estimate of drug-likeness (QED) is 0.224. The number of hydrogen-bond donors (Lipinski definition) is 2. The Morgan fingerprint density at radius 3 is 2.64 bits per heavy atom. The van der Waals surface area contributed by atoms with Gasteiger partial charge in [0.05, 0.1) is 44.9 Å². The minimum Gasteiger partial charge on any atom is -0.350 e. The van der Waals surface area contributed by atoms with Gasteiger partial charge in [-0.25, -0.2) is 23.4 Å². The highest BCUT2D eigenvalue weighted by Crippen LogP contribution is 2.39. The Morgan fingerprint density at radius 1 is 1.08 bits per heavy atom. The van der Waals surface area contributed by atoms with Crippen LogP contribution < -0.4 is 10.0 Å². The zero-order chi connectivity index (χ0) is 25.7. The number of benzene rings is 1. The van der Waals surface area contributed by atoms with E-state index in [1.807, 2.05) is 12.1 Å². The molecule has 3 aromatic heterocycles. The molecule has 0 spiro atoms. The summed E-state index contributed by atoms with van der Waals surface area (Å²) in [6.45, 7) is 4.66. The van der Waals surface area contributed by atoms with Crippen LogP contribution in [0.15, 0.2) is 66.0 Å². The van der Waals surface area contributed by atoms with Gasteiger partial charge >= 0.3 is 0 Å². The van der Waals surface area contributed by atoms with Crippen molar-refractivity contribution in [2.45, 2.75) is 24.7 Å². The molecule has 4 rings (SSSR count). The molecule has 0 saturated carbocycles. The molecule has 0 aliphatic rings. The van der Waals surface area contributed by atoms with Crippen LogP contribution in [0, 0.1) is 0 Å². The average Bonchev–Trinajstić information content (AvgIpc) is 3.31. The van der Waals surface area contributed by atoms with Crippen LogP contribution >= 0.6 is 11.3 Å². The van der Waals surface area contributed by atoms with E-state index in [9.17, 15) is 12.6 Å². The number of nitrogens with one attached hydrogen (secondary N) is 2. The van der Waals surface area contributed by atoms with E-state index in [-0.39, 0.29) is 10.8 Å². The van der Waals surface area contributed by atoms with Crippen molar-refractivity contribution in [1.82, 2.24) is 19.9 Å². The van der Waals surface area contributed by atoms with Gasteiger partial charge in [-0.1, -0.05) is 26.0 Å². The van der Waals surface area contributed by atoms with Gasteiger partial charge in [0, 0.05) is 35.8 Å². The largest absolute Gasteiger partial charge is 0.350 e. The van der Waals surface area contributed by atoms with Crippen molar-refractivity contribution in [2.24, 2.45) is 0 Å². The molecule has 12 heteroatoms. The van der Waals surface area contributed by atoms with Crippen molar-refractivity contribution >= 4 is 43.8 Å². The molecule has 36 heavy (non-hydrogen) atoms. The molecular formula is C24H27N6O3S3+. The molecule has 0 fully saturated rings. The third kappa shape index (κ3) is 6.31. The normalized spacial score (nSPS) is 12.4. The summed E-state index contributed by atoms with van der Waals surface area (Å²) in [6.07, 6.45) is 6.19. The van der Waals surface area contributed by atoms with E-state index in [4.69, 9.17) is 4.98 Å². The SMILES string of the molecule is CC(C)c1nc(-c2cccc(NS(=O)(=O)c3cccnc3)c2)c(-c2ccnc(NCC[SH+](C)=O)n2)s1. The predicted octanol–water partition coefficient (Wildman–Crippen LogP) is 4.32. The highest BCUT2D eigenvalue weighted by atomic mass is 32.2. The summed E-state index contributed by atoms with van der Waals surface area (Å²) < 4.78 is 39.6. The van der Waals surface area contributed by atoms with Gasteiger partial charge in [0.25, 0.3) is 10.0 Å². The molecule has 1 atom stereocenters. The molecule has 0 radical (unpaired) electrons. The number of nitrogens with zero attached hydrogens (tertiary/aromatic N) is 4. The monoisotopic (exact) mass is 543 g/mol. The van der Waals surface area contributed by atoms with Crippen LogP contribution in [0.1, 0.15) is 24.8 Å².